The summed E-state index contributed by atoms with van der Waals surface area (Å²) in [6.07, 6.45) is 9.98. The van der Waals surface area contributed by atoms with Crippen LogP contribution in [0, 0.1) is 12.8 Å². The first-order valence-electron chi connectivity index (χ1n) is 9.26. The Balaban J connectivity index is 1.67. The molecule has 0 radical (unpaired) electrons. The molecule has 1 aliphatic carbocycles. The van der Waals surface area contributed by atoms with Gasteiger partial charge in [-0.25, -0.2) is 5.43 Å². The molecule has 1 aromatic heterocycles. The third-order valence-electron chi connectivity index (χ3n) is 5.04. The molecule has 1 unspecified atom stereocenters. The van der Waals surface area contributed by atoms with Gasteiger partial charge in [-0.05, 0) is 43.4 Å². The fourth-order valence-corrected chi connectivity index (χ4v) is 3.45. The third-order valence-corrected chi connectivity index (χ3v) is 5.04. The number of rotatable bonds is 7. The fourth-order valence-electron chi connectivity index (χ4n) is 3.45. The quantitative estimate of drug-likeness (QED) is 0.487. The van der Waals surface area contributed by atoms with Gasteiger partial charge in [0.05, 0.1) is 11.4 Å². The second-order valence-electron chi connectivity index (χ2n) is 7.01. The van der Waals surface area contributed by atoms with Crippen molar-refractivity contribution in [2.75, 3.05) is 6.61 Å². The maximum Gasteiger partial charge on any atom is 0.254 e. The molecule has 2 aliphatic heterocycles. The van der Waals surface area contributed by atoms with Crippen molar-refractivity contribution >= 4 is 23.9 Å². The molecular formula is C19H24N6O2. The number of hydrogen-bond acceptors (Lipinski definition) is 6. The molecule has 1 saturated carbocycles. The van der Waals surface area contributed by atoms with Crippen LogP contribution >= 0.6 is 0 Å². The SMILES string of the molecule is Cc1[nH]c(C=C2NC=CN=C2C2C=NNC2=O)c(CNC2CC2)c1CCO. The molecule has 1 atom stereocenters. The summed E-state index contributed by atoms with van der Waals surface area (Å²) >= 11 is 0. The predicted molar refractivity (Wildman–Crippen MR) is 104 cm³/mol. The molecule has 27 heavy (non-hydrogen) atoms. The third kappa shape index (κ3) is 3.72. The number of aliphatic hydroxyl groups is 1. The number of carbonyl (C=O) groups is 1. The number of hydrazone groups is 1. The average molecular weight is 368 g/mol. The van der Waals surface area contributed by atoms with Crippen molar-refractivity contribution < 1.29 is 9.90 Å². The fraction of sp³-hybridized carbons (Fsp3) is 0.421. The molecule has 0 saturated heterocycles. The molecule has 1 fully saturated rings. The van der Waals surface area contributed by atoms with E-state index in [0.717, 1.165) is 34.8 Å². The number of aromatic nitrogens is 1. The van der Waals surface area contributed by atoms with Gasteiger partial charge in [-0.2, -0.15) is 5.10 Å². The maximum absolute atomic E-state index is 12.0. The summed E-state index contributed by atoms with van der Waals surface area (Å²) in [7, 11) is 0. The van der Waals surface area contributed by atoms with Gasteiger partial charge in [-0.3, -0.25) is 9.79 Å². The van der Waals surface area contributed by atoms with Crippen LogP contribution in [0.2, 0.25) is 0 Å². The average Bonchev–Trinajstić information content (AvgIpc) is 3.33. The highest BCUT2D eigenvalue weighted by atomic mass is 16.3. The molecular weight excluding hydrogens is 344 g/mol. The molecule has 3 aliphatic rings. The largest absolute Gasteiger partial charge is 0.396 e. The van der Waals surface area contributed by atoms with E-state index in [-0.39, 0.29) is 12.5 Å². The van der Waals surface area contributed by atoms with Crippen molar-refractivity contribution in [2.24, 2.45) is 16.0 Å². The summed E-state index contributed by atoms with van der Waals surface area (Å²) in [5, 5.41) is 20.1. The lowest BCUT2D eigenvalue weighted by molar-refractivity contribution is -0.120. The van der Waals surface area contributed by atoms with Crippen LogP contribution in [0.5, 0.6) is 0 Å². The zero-order chi connectivity index (χ0) is 18.8. The number of hydrogen-bond donors (Lipinski definition) is 5. The zero-order valence-corrected chi connectivity index (χ0v) is 15.2. The molecule has 8 nitrogen and oxygen atoms in total. The smallest absolute Gasteiger partial charge is 0.254 e. The number of nitrogens with one attached hydrogen (secondary N) is 4. The number of H-pyrrole nitrogens is 1. The minimum absolute atomic E-state index is 0.109. The molecule has 4 rings (SSSR count). The molecule has 5 N–H and O–H groups in total. The van der Waals surface area contributed by atoms with Crippen LogP contribution in [0.4, 0.5) is 0 Å². The highest BCUT2D eigenvalue weighted by Gasteiger charge is 2.30. The molecule has 0 aromatic carbocycles. The second-order valence-corrected chi connectivity index (χ2v) is 7.01. The van der Waals surface area contributed by atoms with Crippen molar-refractivity contribution in [1.82, 2.24) is 21.0 Å². The Morgan fingerprint density at radius 1 is 1.37 bits per heavy atom. The topological polar surface area (TPSA) is 114 Å². The van der Waals surface area contributed by atoms with E-state index >= 15 is 0 Å². The van der Waals surface area contributed by atoms with Gasteiger partial charge >= 0.3 is 0 Å². The molecule has 0 spiro atoms. The van der Waals surface area contributed by atoms with Gasteiger partial charge in [-0.1, -0.05) is 0 Å². The monoisotopic (exact) mass is 368 g/mol. The first kappa shape index (κ1) is 17.7. The summed E-state index contributed by atoms with van der Waals surface area (Å²) < 4.78 is 0. The Labute approximate surface area is 157 Å². The number of aromatic amines is 1. The van der Waals surface area contributed by atoms with Crippen LogP contribution in [0.15, 0.2) is 28.2 Å². The molecule has 0 bridgehead atoms. The van der Waals surface area contributed by atoms with Crippen LogP contribution in [0.1, 0.15) is 35.4 Å². The van der Waals surface area contributed by atoms with E-state index in [2.05, 4.69) is 31.1 Å². The summed E-state index contributed by atoms with van der Waals surface area (Å²) in [6, 6.07) is 0.592. The number of nitrogens with zero attached hydrogens (tertiary/aromatic N) is 2. The van der Waals surface area contributed by atoms with E-state index in [1.807, 2.05) is 13.0 Å². The standard InChI is InChI=1S/C19H24N6O2/c1-11-13(4-7-26)14(9-22-12-2-3-12)16(24-11)8-17-18(21-6-5-20-17)15-10-23-25-19(15)27/h5-6,8,10,12,15,20,22,24,26H,2-4,7,9H2,1H3,(H,25,27). The first-order chi connectivity index (χ1) is 13.2. The Bertz CT molecular complexity index is 860. The maximum atomic E-state index is 12.0. The van der Waals surface area contributed by atoms with E-state index in [9.17, 15) is 9.90 Å². The second kappa shape index (κ2) is 7.50. The van der Waals surface area contributed by atoms with Gasteiger partial charge in [0, 0.05) is 49.2 Å². The summed E-state index contributed by atoms with van der Waals surface area (Å²) in [5.74, 6) is -0.689. The highest BCUT2D eigenvalue weighted by molar-refractivity contribution is 6.24. The van der Waals surface area contributed by atoms with E-state index in [1.165, 1.54) is 12.8 Å². The lowest BCUT2D eigenvalue weighted by Crippen LogP contribution is -2.32. The lowest BCUT2D eigenvalue weighted by Gasteiger charge is -2.16. The number of aryl methyl sites for hydroxylation is 1. The van der Waals surface area contributed by atoms with Crippen LogP contribution in [0.3, 0.4) is 0 Å². The summed E-state index contributed by atoms with van der Waals surface area (Å²) in [5.41, 5.74) is 8.16. The first-order valence-corrected chi connectivity index (χ1v) is 9.26. The van der Waals surface area contributed by atoms with Gasteiger partial charge in [0.15, 0.2) is 0 Å². The van der Waals surface area contributed by atoms with Crippen molar-refractivity contribution in [3.8, 4) is 0 Å². The Morgan fingerprint density at radius 2 is 2.22 bits per heavy atom. The Hall–Kier alpha value is -2.71. The molecule has 1 aromatic rings. The van der Waals surface area contributed by atoms with E-state index < -0.39 is 5.92 Å². The number of amides is 1. The van der Waals surface area contributed by atoms with Crippen molar-refractivity contribution in [3.63, 3.8) is 0 Å². The van der Waals surface area contributed by atoms with Crippen LogP contribution in [0.25, 0.3) is 6.08 Å². The highest BCUT2D eigenvalue weighted by Crippen LogP contribution is 2.26. The lowest BCUT2D eigenvalue weighted by atomic mass is 9.99. The number of carbonyl (C=O) groups excluding carboxylic acids is 1. The normalized spacial score (nSPS) is 22.9. The molecule has 8 heteroatoms. The van der Waals surface area contributed by atoms with E-state index in [4.69, 9.17) is 0 Å². The zero-order valence-electron chi connectivity index (χ0n) is 15.2. The molecule has 142 valence electrons. The summed E-state index contributed by atoms with van der Waals surface area (Å²) in [6.45, 7) is 2.88. The van der Waals surface area contributed by atoms with Crippen molar-refractivity contribution in [2.45, 2.75) is 38.8 Å². The molecule has 1 amide bonds. The molecule has 3 heterocycles. The summed E-state index contributed by atoms with van der Waals surface area (Å²) in [4.78, 5) is 19.9. The van der Waals surface area contributed by atoms with Gasteiger partial charge in [0.2, 0.25) is 0 Å². The van der Waals surface area contributed by atoms with Gasteiger partial charge < -0.3 is 20.7 Å². The van der Waals surface area contributed by atoms with Crippen molar-refractivity contribution in [1.29, 1.82) is 0 Å². The predicted octanol–water partition coefficient (Wildman–Crippen LogP) is 0.698. The Kier molecular flexibility index (Phi) is 4.91. The van der Waals surface area contributed by atoms with Crippen LogP contribution < -0.4 is 16.1 Å². The van der Waals surface area contributed by atoms with Gasteiger partial charge in [-0.15, -0.1) is 0 Å². The van der Waals surface area contributed by atoms with Crippen molar-refractivity contribution in [3.05, 3.63) is 40.6 Å². The Morgan fingerprint density at radius 3 is 2.93 bits per heavy atom. The minimum Gasteiger partial charge on any atom is -0.396 e. The van der Waals surface area contributed by atoms with Gasteiger partial charge in [0.25, 0.3) is 5.91 Å². The van der Waals surface area contributed by atoms with Crippen LogP contribution in [-0.2, 0) is 17.8 Å². The number of aliphatic imine (C=N–C) groups is 1. The number of aliphatic hydroxyl groups excluding tert-OH is 1. The van der Waals surface area contributed by atoms with E-state index in [1.54, 1.807) is 18.6 Å². The van der Waals surface area contributed by atoms with Gasteiger partial charge in [0.1, 0.15) is 5.92 Å². The number of allylic oxidation sites excluding steroid dienone is 1. The van der Waals surface area contributed by atoms with Crippen LogP contribution in [-0.4, -0.2) is 40.6 Å². The minimum atomic E-state index is -0.505. The van der Waals surface area contributed by atoms with E-state index in [0.29, 0.717) is 18.2 Å².